The Kier molecular flexibility index (Phi) is 9.01. The van der Waals surface area contributed by atoms with Gasteiger partial charge in [0.2, 0.25) is 0 Å². The van der Waals surface area contributed by atoms with Crippen molar-refractivity contribution in [2.45, 2.75) is 32.6 Å². The molecule has 1 aliphatic rings. The Balaban J connectivity index is 0.00000300. The maximum absolute atomic E-state index is 5.43. The minimum Gasteiger partial charge on any atom is -0.497 e. The van der Waals surface area contributed by atoms with Crippen molar-refractivity contribution in [1.82, 2.24) is 15.2 Å². The number of hydrogen-bond donors (Lipinski definition) is 1. The molecule has 1 unspecified atom stereocenters. The third-order valence-electron chi connectivity index (χ3n) is 5.18. The third kappa shape index (κ3) is 5.97. The Bertz CT molecular complexity index is 818. The lowest BCUT2D eigenvalue weighted by atomic mass is 9.98. The number of methoxy groups -OCH3 is 2. The van der Waals surface area contributed by atoms with E-state index < -0.39 is 0 Å². The van der Waals surface area contributed by atoms with Gasteiger partial charge in [-0.15, -0.1) is 35.3 Å². The van der Waals surface area contributed by atoms with E-state index in [2.05, 4.69) is 46.2 Å². The summed E-state index contributed by atoms with van der Waals surface area (Å²) in [4.78, 5) is 12.7. The molecule has 1 aromatic heterocycles. The van der Waals surface area contributed by atoms with E-state index in [1.807, 2.05) is 13.1 Å². The predicted molar refractivity (Wildman–Crippen MR) is 131 cm³/mol. The first-order valence-corrected chi connectivity index (χ1v) is 10.5. The summed E-state index contributed by atoms with van der Waals surface area (Å²) in [6.07, 6.45) is 2.06. The Morgan fingerprint density at radius 3 is 2.48 bits per heavy atom. The summed E-state index contributed by atoms with van der Waals surface area (Å²) < 4.78 is 10.9. The van der Waals surface area contributed by atoms with E-state index in [1.54, 1.807) is 25.6 Å². The van der Waals surface area contributed by atoms with Gasteiger partial charge in [0.25, 0.3) is 0 Å². The normalized spacial score (nSPS) is 16.5. The molecule has 1 N–H and O–H groups in total. The Hall–Kier alpha value is -1.55. The lowest BCUT2D eigenvalue weighted by Gasteiger charge is -2.22. The number of thiazole rings is 1. The topological polar surface area (TPSA) is 59.0 Å². The number of aliphatic imine (C=N–C) groups is 1. The first kappa shape index (κ1) is 23.7. The Morgan fingerprint density at radius 1 is 1.24 bits per heavy atom. The van der Waals surface area contributed by atoms with Crippen molar-refractivity contribution in [2.24, 2.45) is 4.99 Å². The van der Waals surface area contributed by atoms with Crippen LogP contribution < -0.4 is 14.8 Å². The molecule has 29 heavy (non-hydrogen) atoms. The summed E-state index contributed by atoms with van der Waals surface area (Å²) in [5, 5.41) is 4.65. The number of halogens is 1. The molecule has 1 aromatic carbocycles. The number of likely N-dealkylation sites (tertiary alicyclic amines) is 1. The van der Waals surface area contributed by atoms with Crippen LogP contribution in [0.1, 0.15) is 33.5 Å². The number of aryl methyl sites for hydroxylation is 2. The van der Waals surface area contributed by atoms with Crippen molar-refractivity contribution in [3.8, 4) is 11.5 Å². The summed E-state index contributed by atoms with van der Waals surface area (Å²) >= 11 is 1.78. The second-order valence-electron chi connectivity index (χ2n) is 7.04. The molecule has 0 bridgehead atoms. The van der Waals surface area contributed by atoms with Gasteiger partial charge in [-0.1, -0.05) is 0 Å². The summed E-state index contributed by atoms with van der Waals surface area (Å²) in [5.41, 5.74) is 2.40. The minimum absolute atomic E-state index is 0. The smallest absolute Gasteiger partial charge is 0.193 e. The van der Waals surface area contributed by atoms with Crippen LogP contribution in [0.4, 0.5) is 0 Å². The zero-order chi connectivity index (χ0) is 20.1. The average molecular weight is 530 g/mol. The van der Waals surface area contributed by atoms with Crippen LogP contribution in [0, 0.1) is 13.8 Å². The van der Waals surface area contributed by atoms with Gasteiger partial charge in [0.05, 0.1) is 24.9 Å². The molecule has 6 nitrogen and oxygen atoms in total. The zero-order valence-electron chi connectivity index (χ0n) is 17.8. The molecule has 160 valence electrons. The van der Waals surface area contributed by atoms with Crippen molar-refractivity contribution in [3.05, 3.63) is 39.3 Å². The number of nitrogens with one attached hydrogen (secondary N) is 1. The Morgan fingerprint density at radius 2 is 1.93 bits per heavy atom. The zero-order valence-corrected chi connectivity index (χ0v) is 21.0. The van der Waals surface area contributed by atoms with E-state index in [1.165, 1.54) is 10.4 Å². The van der Waals surface area contributed by atoms with E-state index in [9.17, 15) is 0 Å². The lowest BCUT2D eigenvalue weighted by molar-refractivity contribution is 0.392. The molecule has 2 heterocycles. The molecular formula is C21H31IN4O2S. The van der Waals surface area contributed by atoms with Crippen LogP contribution in [0.2, 0.25) is 0 Å². The molecule has 0 spiro atoms. The molecule has 1 aliphatic heterocycles. The second-order valence-corrected chi connectivity index (χ2v) is 8.33. The van der Waals surface area contributed by atoms with Gasteiger partial charge in [-0.05, 0) is 38.0 Å². The number of rotatable bonds is 6. The fourth-order valence-electron chi connectivity index (χ4n) is 3.72. The van der Waals surface area contributed by atoms with Crippen molar-refractivity contribution >= 4 is 41.3 Å². The molecule has 2 aromatic rings. The summed E-state index contributed by atoms with van der Waals surface area (Å²) in [6.45, 7) is 6.94. The highest BCUT2D eigenvalue weighted by Crippen LogP contribution is 2.32. The number of aromatic nitrogens is 1. The van der Waals surface area contributed by atoms with E-state index >= 15 is 0 Å². The van der Waals surface area contributed by atoms with Gasteiger partial charge < -0.3 is 19.7 Å². The number of ether oxygens (including phenoxy) is 2. The van der Waals surface area contributed by atoms with Crippen LogP contribution in [0.3, 0.4) is 0 Å². The van der Waals surface area contributed by atoms with Gasteiger partial charge in [-0.25, -0.2) is 4.98 Å². The van der Waals surface area contributed by atoms with Gasteiger partial charge in [0.1, 0.15) is 11.5 Å². The lowest BCUT2D eigenvalue weighted by Crippen LogP contribution is -2.40. The van der Waals surface area contributed by atoms with E-state index in [4.69, 9.17) is 9.47 Å². The van der Waals surface area contributed by atoms with Crippen molar-refractivity contribution in [2.75, 3.05) is 40.9 Å². The summed E-state index contributed by atoms with van der Waals surface area (Å²) in [7, 11) is 5.24. The Labute approximate surface area is 194 Å². The van der Waals surface area contributed by atoms with E-state index in [0.717, 1.165) is 60.6 Å². The summed E-state index contributed by atoms with van der Waals surface area (Å²) in [5.74, 6) is 3.08. The fourth-order valence-corrected chi connectivity index (χ4v) is 4.65. The molecule has 0 aliphatic carbocycles. The first-order valence-electron chi connectivity index (χ1n) is 9.65. The van der Waals surface area contributed by atoms with Gasteiger partial charge in [-0.2, -0.15) is 0 Å². The molecule has 0 saturated carbocycles. The van der Waals surface area contributed by atoms with Crippen molar-refractivity contribution < 1.29 is 9.47 Å². The second kappa shape index (κ2) is 11.0. The maximum Gasteiger partial charge on any atom is 0.193 e. The molecule has 0 amide bonds. The number of nitrogens with zero attached hydrogens (tertiary/aromatic N) is 3. The fraction of sp³-hybridized carbons (Fsp3) is 0.524. The quantitative estimate of drug-likeness (QED) is 0.348. The van der Waals surface area contributed by atoms with Crippen LogP contribution in [-0.2, 0) is 6.42 Å². The molecule has 1 fully saturated rings. The van der Waals surface area contributed by atoms with Crippen LogP contribution in [0.15, 0.2) is 23.2 Å². The van der Waals surface area contributed by atoms with Crippen LogP contribution in [-0.4, -0.2) is 56.7 Å². The largest absolute Gasteiger partial charge is 0.497 e. The SMILES string of the molecule is CN=C(NCCc1sc(C)nc1C)N1CCC(c2cc(OC)cc(OC)c2)C1.I. The first-order chi connectivity index (χ1) is 13.5. The van der Waals surface area contributed by atoms with Crippen LogP contribution >= 0.6 is 35.3 Å². The van der Waals surface area contributed by atoms with Gasteiger partial charge in [0.15, 0.2) is 5.96 Å². The average Bonchev–Trinajstić information content (AvgIpc) is 3.31. The van der Waals surface area contributed by atoms with Gasteiger partial charge in [0, 0.05) is 50.0 Å². The maximum atomic E-state index is 5.43. The minimum atomic E-state index is 0. The van der Waals surface area contributed by atoms with Crippen molar-refractivity contribution in [1.29, 1.82) is 0 Å². The third-order valence-corrected chi connectivity index (χ3v) is 6.31. The number of hydrogen-bond acceptors (Lipinski definition) is 5. The molecule has 0 radical (unpaired) electrons. The molecule has 1 saturated heterocycles. The molecule has 1 atom stereocenters. The van der Waals surface area contributed by atoms with Crippen molar-refractivity contribution in [3.63, 3.8) is 0 Å². The standard InChI is InChI=1S/C21H30N4O2S.HI/c1-14-20(28-15(2)24-14)6-8-23-21(22-3)25-9-7-16(13-25)17-10-18(26-4)12-19(11-17)27-5;/h10-12,16H,6-9,13H2,1-5H3,(H,22,23);1H. The predicted octanol–water partition coefficient (Wildman–Crippen LogP) is 4.00. The van der Waals surface area contributed by atoms with Crippen LogP contribution in [0.25, 0.3) is 0 Å². The molecule has 3 rings (SSSR count). The summed E-state index contributed by atoms with van der Waals surface area (Å²) in [6, 6.07) is 6.14. The number of benzene rings is 1. The van der Waals surface area contributed by atoms with Gasteiger partial charge in [-0.3, -0.25) is 4.99 Å². The highest BCUT2D eigenvalue weighted by Gasteiger charge is 2.26. The van der Waals surface area contributed by atoms with E-state index in [0.29, 0.717) is 5.92 Å². The van der Waals surface area contributed by atoms with Gasteiger partial charge >= 0.3 is 0 Å². The molecular weight excluding hydrogens is 499 g/mol. The van der Waals surface area contributed by atoms with E-state index in [-0.39, 0.29) is 24.0 Å². The highest BCUT2D eigenvalue weighted by atomic mass is 127. The highest BCUT2D eigenvalue weighted by molar-refractivity contribution is 14.0. The number of guanidine groups is 1. The molecule has 8 heteroatoms. The monoisotopic (exact) mass is 530 g/mol. The van der Waals surface area contributed by atoms with Crippen LogP contribution in [0.5, 0.6) is 11.5 Å².